The molecule has 2 heterocycles. The van der Waals surface area contributed by atoms with Crippen LogP contribution in [0.5, 0.6) is 11.5 Å². The Kier molecular flexibility index (Phi) is 6.57. The number of rotatable bonds is 6. The highest BCUT2D eigenvalue weighted by Crippen LogP contribution is 2.28. The maximum Gasteiger partial charge on any atom is 0.254 e. The molecule has 0 radical (unpaired) electrons. The lowest BCUT2D eigenvalue weighted by Crippen LogP contribution is -2.59. The van der Waals surface area contributed by atoms with Gasteiger partial charge in [-0.15, -0.1) is 0 Å². The van der Waals surface area contributed by atoms with E-state index in [1.54, 1.807) is 21.3 Å². The van der Waals surface area contributed by atoms with Crippen LogP contribution in [0.2, 0.25) is 0 Å². The fourth-order valence-electron chi connectivity index (χ4n) is 3.98. The zero-order chi connectivity index (χ0) is 19.3. The number of amides is 1. The van der Waals surface area contributed by atoms with Crippen LogP contribution in [0.3, 0.4) is 0 Å². The Labute approximate surface area is 161 Å². The van der Waals surface area contributed by atoms with Crippen LogP contribution in [0.4, 0.5) is 0 Å². The summed E-state index contributed by atoms with van der Waals surface area (Å²) in [4.78, 5) is 17.4. The van der Waals surface area contributed by atoms with Gasteiger partial charge in [-0.2, -0.15) is 0 Å². The topological polar surface area (TPSA) is 63.3 Å². The standard InChI is InChI=1S/C20H31N3O4/c1-25-17-4-5-18(26-2)16(14-17)15-22-10-12-23(13-11-22)19(24)20(27-3)6-8-21-9-7-20/h4-5,14,21H,6-13,15H2,1-3H3. The molecule has 1 aromatic rings. The Morgan fingerprint density at radius 2 is 1.78 bits per heavy atom. The first kappa shape index (κ1) is 19.9. The third-order valence-corrected chi connectivity index (χ3v) is 5.73. The number of methoxy groups -OCH3 is 3. The molecule has 2 aliphatic heterocycles. The molecule has 150 valence electrons. The van der Waals surface area contributed by atoms with Crippen molar-refractivity contribution in [1.82, 2.24) is 15.1 Å². The van der Waals surface area contributed by atoms with Crippen LogP contribution in [0.25, 0.3) is 0 Å². The fourth-order valence-corrected chi connectivity index (χ4v) is 3.98. The number of benzene rings is 1. The normalized spacial score (nSPS) is 20.3. The summed E-state index contributed by atoms with van der Waals surface area (Å²) < 4.78 is 16.5. The van der Waals surface area contributed by atoms with Gasteiger partial charge >= 0.3 is 0 Å². The number of piperidine rings is 1. The molecule has 7 heteroatoms. The number of piperazine rings is 1. The van der Waals surface area contributed by atoms with Crippen LogP contribution in [0, 0.1) is 0 Å². The molecular weight excluding hydrogens is 346 g/mol. The Bertz CT molecular complexity index is 638. The highest BCUT2D eigenvalue weighted by Gasteiger charge is 2.42. The number of carbonyl (C=O) groups excluding carboxylic acids is 1. The van der Waals surface area contributed by atoms with Crippen molar-refractivity contribution in [3.8, 4) is 11.5 Å². The first-order valence-electron chi connectivity index (χ1n) is 9.60. The van der Waals surface area contributed by atoms with Gasteiger partial charge in [0.05, 0.1) is 14.2 Å². The van der Waals surface area contributed by atoms with Gasteiger partial charge in [-0.05, 0) is 44.1 Å². The monoisotopic (exact) mass is 377 g/mol. The minimum atomic E-state index is -0.649. The summed E-state index contributed by atoms with van der Waals surface area (Å²) in [5.74, 6) is 1.83. The Balaban J connectivity index is 1.60. The summed E-state index contributed by atoms with van der Waals surface area (Å²) in [6.45, 7) is 5.56. The van der Waals surface area contributed by atoms with E-state index in [1.807, 2.05) is 23.1 Å². The molecule has 0 unspecified atom stereocenters. The van der Waals surface area contributed by atoms with Crippen LogP contribution >= 0.6 is 0 Å². The average Bonchev–Trinajstić information content (AvgIpc) is 2.74. The molecule has 2 fully saturated rings. The van der Waals surface area contributed by atoms with Crippen molar-refractivity contribution in [3.63, 3.8) is 0 Å². The van der Waals surface area contributed by atoms with Gasteiger partial charge in [-0.25, -0.2) is 0 Å². The predicted octanol–water partition coefficient (Wildman–Crippen LogP) is 1.12. The lowest BCUT2D eigenvalue weighted by Gasteiger charge is -2.42. The molecule has 27 heavy (non-hydrogen) atoms. The number of ether oxygens (including phenoxy) is 3. The van der Waals surface area contributed by atoms with Gasteiger partial charge in [-0.3, -0.25) is 9.69 Å². The van der Waals surface area contributed by atoms with Crippen LogP contribution in [-0.4, -0.2) is 81.9 Å². The van der Waals surface area contributed by atoms with Crippen molar-refractivity contribution in [2.45, 2.75) is 25.0 Å². The summed E-state index contributed by atoms with van der Waals surface area (Å²) in [7, 11) is 5.02. The third kappa shape index (κ3) is 4.36. The number of nitrogens with zero attached hydrogens (tertiary/aromatic N) is 2. The summed E-state index contributed by atoms with van der Waals surface area (Å²) in [6.07, 6.45) is 1.48. The maximum atomic E-state index is 13.1. The number of nitrogens with one attached hydrogen (secondary N) is 1. The molecule has 1 aromatic carbocycles. The molecule has 0 atom stereocenters. The summed E-state index contributed by atoms with van der Waals surface area (Å²) in [5, 5.41) is 3.31. The number of hydrogen-bond acceptors (Lipinski definition) is 6. The van der Waals surface area contributed by atoms with Crippen LogP contribution in [0.1, 0.15) is 18.4 Å². The van der Waals surface area contributed by atoms with E-state index in [4.69, 9.17) is 14.2 Å². The van der Waals surface area contributed by atoms with Crippen LogP contribution in [0.15, 0.2) is 18.2 Å². The van der Waals surface area contributed by atoms with E-state index in [9.17, 15) is 4.79 Å². The summed E-state index contributed by atoms with van der Waals surface area (Å²) in [5.41, 5.74) is 0.451. The van der Waals surface area contributed by atoms with Gasteiger partial charge in [0, 0.05) is 45.4 Å². The molecule has 1 N–H and O–H groups in total. The summed E-state index contributed by atoms with van der Waals surface area (Å²) >= 11 is 0. The van der Waals surface area contributed by atoms with Crippen molar-refractivity contribution in [1.29, 1.82) is 0 Å². The Morgan fingerprint density at radius 3 is 2.37 bits per heavy atom. The van der Waals surface area contributed by atoms with Crippen LogP contribution < -0.4 is 14.8 Å². The molecule has 0 bridgehead atoms. The van der Waals surface area contributed by atoms with E-state index in [-0.39, 0.29) is 5.91 Å². The van der Waals surface area contributed by atoms with E-state index >= 15 is 0 Å². The van der Waals surface area contributed by atoms with Crippen molar-refractivity contribution < 1.29 is 19.0 Å². The van der Waals surface area contributed by atoms with E-state index in [2.05, 4.69) is 10.2 Å². The van der Waals surface area contributed by atoms with Gasteiger partial charge in [0.1, 0.15) is 17.1 Å². The summed E-state index contributed by atoms with van der Waals surface area (Å²) in [6, 6.07) is 5.86. The van der Waals surface area contributed by atoms with Crippen molar-refractivity contribution in [2.24, 2.45) is 0 Å². The second-order valence-corrected chi connectivity index (χ2v) is 7.19. The van der Waals surface area contributed by atoms with Gasteiger partial charge < -0.3 is 24.4 Å². The predicted molar refractivity (Wildman–Crippen MR) is 103 cm³/mol. The second-order valence-electron chi connectivity index (χ2n) is 7.19. The minimum absolute atomic E-state index is 0.144. The van der Waals surface area contributed by atoms with Crippen LogP contribution in [-0.2, 0) is 16.1 Å². The molecule has 0 aliphatic carbocycles. The quantitative estimate of drug-likeness (QED) is 0.802. The van der Waals surface area contributed by atoms with Gasteiger partial charge in [0.15, 0.2) is 0 Å². The van der Waals surface area contributed by atoms with E-state index < -0.39 is 5.60 Å². The highest BCUT2D eigenvalue weighted by atomic mass is 16.5. The molecular formula is C20H31N3O4. The average molecular weight is 377 g/mol. The third-order valence-electron chi connectivity index (χ3n) is 5.73. The van der Waals surface area contributed by atoms with E-state index in [0.29, 0.717) is 0 Å². The van der Waals surface area contributed by atoms with E-state index in [1.165, 1.54) is 0 Å². The molecule has 1 amide bonds. The Morgan fingerprint density at radius 1 is 1.07 bits per heavy atom. The molecule has 2 aliphatic rings. The zero-order valence-corrected chi connectivity index (χ0v) is 16.6. The Hall–Kier alpha value is -1.83. The molecule has 0 saturated carbocycles. The zero-order valence-electron chi connectivity index (χ0n) is 16.6. The molecule has 7 nitrogen and oxygen atoms in total. The number of carbonyl (C=O) groups is 1. The first-order valence-corrected chi connectivity index (χ1v) is 9.60. The largest absolute Gasteiger partial charge is 0.497 e. The van der Waals surface area contributed by atoms with Gasteiger partial charge in [0.25, 0.3) is 5.91 Å². The fraction of sp³-hybridized carbons (Fsp3) is 0.650. The highest BCUT2D eigenvalue weighted by molar-refractivity contribution is 5.85. The van der Waals surface area contributed by atoms with Crippen molar-refractivity contribution in [2.75, 3.05) is 60.6 Å². The second kappa shape index (κ2) is 8.91. The smallest absolute Gasteiger partial charge is 0.254 e. The molecule has 2 saturated heterocycles. The van der Waals surface area contributed by atoms with Crippen molar-refractivity contribution >= 4 is 5.91 Å². The molecule has 0 spiro atoms. The van der Waals surface area contributed by atoms with Crippen molar-refractivity contribution in [3.05, 3.63) is 23.8 Å². The molecule has 3 rings (SSSR count). The maximum absolute atomic E-state index is 13.1. The lowest BCUT2D eigenvalue weighted by atomic mass is 9.90. The van der Waals surface area contributed by atoms with Gasteiger partial charge in [-0.1, -0.05) is 0 Å². The minimum Gasteiger partial charge on any atom is -0.497 e. The molecule has 0 aromatic heterocycles. The SMILES string of the molecule is COc1ccc(OC)c(CN2CCN(C(=O)C3(OC)CCNCC3)CC2)c1. The first-order chi connectivity index (χ1) is 13.1. The van der Waals surface area contributed by atoms with E-state index in [0.717, 1.165) is 75.7 Å². The van der Waals surface area contributed by atoms with Gasteiger partial charge in [0.2, 0.25) is 0 Å². The number of hydrogen-bond donors (Lipinski definition) is 1. The lowest BCUT2D eigenvalue weighted by molar-refractivity contribution is -0.160.